The molecule has 4 heteroatoms. The largest absolute Gasteiger partial charge is 0.508 e. The molecule has 0 amide bonds. The Bertz CT molecular complexity index is 591. The Balaban J connectivity index is 1.94. The van der Waals surface area contributed by atoms with E-state index in [0.717, 1.165) is 5.56 Å². The Morgan fingerprint density at radius 3 is 2.38 bits per heavy atom. The summed E-state index contributed by atoms with van der Waals surface area (Å²) in [4.78, 5) is 12.4. The second kappa shape index (κ2) is 6.87. The van der Waals surface area contributed by atoms with E-state index in [4.69, 9.17) is 4.74 Å². The highest BCUT2D eigenvalue weighted by atomic mass is 79.9. The van der Waals surface area contributed by atoms with E-state index in [1.165, 1.54) is 12.1 Å². The van der Waals surface area contributed by atoms with E-state index in [0.29, 0.717) is 12.2 Å². The molecular weight excluding hydrogens is 332 g/mol. The Kier molecular flexibility index (Phi) is 5.15. The van der Waals surface area contributed by atoms with Gasteiger partial charge in [0.1, 0.15) is 10.1 Å². The zero-order chi connectivity index (χ0) is 15.3. The number of carbonyl (C=O) groups excluding carboxylic acids is 1. The summed E-state index contributed by atoms with van der Waals surface area (Å²) in [6, 6.07) is 16.0. The van der Waals surface area contributed by atoms with E-state index in [2.05, 4.69) is 15.9 Å². The van der Waals surface area contributed by atoms with Gasteiger partial charge in [-0.05, 0) is 36.8 Å². The first kappa shape index (κ1) is 15.7. The minimum Gasteiger partial charge on any atom is -0.508 e. The SMILES string of the molecule is CC(Br)(COCc1ccccc1)C(=O)c1ccc(O)cc1. The lowest BCUT2D eigenvalue weighted by Crippen LogP contribution is -2.33. The molecule has 0 saturated heterocycles. The number of Topliss-reactive ketones (excluding diaryl/α,β-unsaturated/α-hetero) is 1. The van der Waals surface area contributed by atoms with Crippen molar-refractivity contribution in [3.05, 3.63) is 65.7 Å². The molecule has 0 bridgehead atoms. The number of benzene rings is 2. The Morgan fingerprint density at radius 1 is 1.14 bits per heavy atom. The van der Waals surface area contributed by atoms with E-state index < -0.39 is 4.32 Å². The van der Waals surface area contributed by atoms with Gasteiger partial charge in [0.25, 0.3) is 0 Å². The fourth-order valence-corrected chi connectivity index (χ4v) is 2.30. The van der Waals surface area contributed by atoms with Crippen LogP contribution in [0.3, 0.4) is 0 Å². The van der Waals surface area contributed by atoms with Crippen LogP contribution in [-0.2, 0) is 11.3 Å². The molecule has 0 saturated carbocycles. The van der Waals surface area contributed by atoms with Crippen LogP contribution >= 0.6 is 15.9 Å². The summed E-state index contributed by atoms with van der Waals surface area (Å²) in [5.74, 6) is 0.0683. The third-order valence-corrected chi connectivity index (χ3v) is 3.68. The van der Waals surface area contributed by atoms with Crippen molar-refractivity contribution >= 4 is 21.7 Å². The van der Waals surface area contributed by atoms with Gasteiger partial charge in [-0.3, -0.25) is 4.79 Å². The summed E-state index contributed by atoms with van der Waals surface area (Å²) in [7, 11) is 0. The van der Waals surface area contributed by atoms with E-state index >= 15 is 0 Å². The van der Waals surface area contributed by atoms with Gasteiger partial charge in [-0.15, -0.1) is 0 Å². The highest BCUT2D eigenvalue weighted by Gasteiger charge is 2.31. The van der Waals surface area contributed by atoms with Crippen LogP contribution in [0.25, 0.3) is 0 Å². The monoisotopic (exact) mass is 348 g/mol. The summed E-state index contributed by atoms with van der Waals surface area (Å²) in [5, 5.41) is 9.26. The normalized spacial score (nSPS) is 13.6. The molecule has 2 aromatic carbocycles. The lowest BCUT2D eigenvalue weighted by atomic mass is 10.00. The lowest BCUT2D eigenvalue weighted by molar-refractivity contribution is 0.0762. The van der Waals surface area contributed by atoms with E-state index in [1.807, 2.05) is 30.3 Å². The number of phenolic OH excluding ortho intramolecular Hbond substituents is 1. The zero-order valence-corrected chi connectivity index (χ0v) is 13.3. The smallest absolute Gasteiger partial charge is 0.181 e. The molecule has 0 aliphatic carbocycles. The van der Waals surface area contributed by atoms with Gasteiger partial charge in [0.2, 0.25) is 0 Å². The summed E-state index contributed by atoms with van der Waals surface area (Å²) >= 11 is 3.44. The van der Waals surface area contributed by atoms with Crippen LogP contribution in [0.4, 0.5) is 0 Å². The second-order valence-corrected chi connectivity index (χ2v) is 6.80. The number of ether oxygens (including phenoxy) is 1. The Labute approximate surface area is 132 Å². The van der Waals surface area contributed by atoms with Gasteiger partial charge in [0.15, 0.2) is 5.78 Å². The van der Waals surface area contributed by atoms with Crippen LogP contribution in [0.5, 0.6) is 5.75 Å². The van der Waals surface area contributed by atoms with E-state index in [-0.39, 0.29) is 18.1 Å². The number of ketones is 1. The molecule has 2 rings (SSSR count). The molecule has 21 heavy (non-hydrogen) atoms. The number of aromatic hydroxyl groups is 1. The average Bonchev–Trinajstić information content (AvgIpc) is 2.48. The summed E-state index contributed by atoms with van der Waals surface area (Å²) < 4.78 is 4.84. The number of alkyl halides is 1. The number of phenols is 1. The predicted octanol–water partition coefficient (Wildman–Crippen LogP) is 3.95. The number of rotatable bonds is 6. The lowest BCUT2D eigenvalue weighted by Gasteiger charge is -2.21. The molecule has 0 spiro atoms. The highest BCUT2D eigenvalue weighted by molar-refractivity contribution is 9.10. The fraction of sp³-hybridized carbons (Fsp3) is 0.235. The first-order valence-corrected chi connectivity index (χ1v) is 7.43. The van der Waals surface area contributed by atoms with Crippen LogP contribution < -0.4 is 0 Å². The molecule has 0 aliphatic rings. The van der Waals surface area contributed by atoms with Crippen LogP contribution in [0, 0.1) is 0 Å². The van der Waals surface area contributed by atoms with Crippen molar-refractivity contribution in [1.29, 1.82) is 0 Å². The van der Waals surface area contributed by atoms with Gasteiger partial charge in [0, 0.05) is 5.56 Å². The molecule has 0 radical (unpaired) electrons. The van der Waals surface area contributed by atoms with Crippen molar-refractivity contribution in [3.8, 4) is 5.75 Å². The molecule has 1 atom stereocenters. The quantitative estimate of drug-likeness (QED) is 0.635. The van der Waals surface area contributed by atoms with Crippen molar-refractivity contribution in [2.24, 2.45) is 0 Å². The topological polar surface area (TPSA) is 46.5 Å². The van der Waals surface area contributed by atoms with Gasteiger partial charge >= 0.3 is 0 Å². The van der Waals surface area contributed by atoms with Crippen LogP contribution in [0.1, 0.15) is 22.8 Å². The van der Waals surface area contributed by atoms with Crippen molar-refractivity contribution in [3.63, 3.8) is 0 Å². The van der Waals surface area contributed by atoms with Crippen molar-refractivity contribution in [2.75, 3.05) is 6.61 Å². The Morgan fingerprint density at radius 2 is 1.76 bits per heavy atom. The summed E-state index contributed by atoms with van der Waals surface area (Å²) in [5.41, 5.74) is 1.60. The molecule has 110 valence electrons. The minimum atomic E-state index is -0.793. The molecular formula is C17H17BrO3. The molecule has 1 N–H and O–H groups in total. The standard InChI is InChI=1S/C17H17BrO3/c1-17(18,12-21-11-13-5-3-2-4-6-13)16(20)14-7-9-15(19)10-8-14/h2-10,19H,11-12H2,1H3. The number of hydrogen-bond donors (Lipinski definition) is 1. The molecule has 0 heterocycles. The average molecular weight is 349 g/mol. The van der Waals surface area contributed by atoms with Crippen molar-refractivity contribution in [1.82, 2.24) is 0 Å². The maximum Gasteiger partial charge on any atom is 0.181 e. The van der Waals surface area contributed by atoms with Crippen molar-refractivity contribution in [2.45, 2.75) is 17.9 Å². The molecule has 0 fully saturated rings. The number of halogens is 1. The molecule has 0 aliphatic heterocycles. The van der Waals surface area contributed by atoms with E-state index in [1.54, 1.807) is 19.1 Å². The molecule has 2 aromatic rings. The number of hydrogen-bond acceptors (Lipinski definition) is 3. The number of carbonyl (C=O) groups is 1. The van der Waals surface area contributed by atoms with Crippen molar-refractivity contribution < 1.29 is 14.6 Å². The second-order valence-electron chi connectivity index (χ2n) is 5.05. The summed E-state index contributed by atoms with van der Waals surface area (Å²) in [6.45, 7) is 2.51. The highest BCUT2D eigenvalue weighted by Crippen LogP contribution is 2.25. The molecule has 0 aromatic heterocycles. The minimum absolute atomic E-state index is 0.0736. The zero-order valence-electron chi connectivity index (χ0n) is 11.8. The van der Waals surface area contributed by atoms with Crippen LogP contribution in [0.2, 0.25) is 0 Å². The maximum atomic E-state index is 12.4. The first-order chi connectivity index (χ1) is 9.99. The van der Waals surface area contributed by atoms with E-state index in [9.17, 15) is 9.90 Å². The van der Waals surface area contributed by atoms with Gasteiger partial charge in [-0.2, -0.15) is 0 Å². The fourth-order valence-electron chi connectivity index (χ4n) is 1.91. The Hall–Kier alpha value is -1.65. The third-order valence-electron chi connectivity index (χ3n) is 3.09. The predicted molar refractivity (Wildman–Crippen MR) is 85.9 cm³/mol. The third kappa shape index (κ3) is 4.41. The maximum absolute atomic E-state index is 12.4. The first-order valence-electron chi connectivity index (χ1n) is 6.63. The van der Waals surface area contributed by atoms with Gasteiger partial charge in [-0.25, -0.2) is 0 Å². The van der Waals surface area contributed by atoms with Crippen LogP contribution in [0.15, 0.2) is 54.6 Å². The van der Waals surface area contributed by atoms with Gasteiger partial charge in [-0.1, -0.05) is 46.3 Å². The van der Waals surface area contributed by atoms with Gasteiger partial charge in [0.05, 0.1) is 13.2 Å². The summed E-state index contributed by atoms with van der Waals surface area (Å²) in [6.07, 6.45) is 0. The molecule has 3 nitrogen and oxygen atoms in total. The molecule has 1 unspecified atom stereocenters. The van der Waals surface area contributed by atoms with Gasteiger partial charge < -0.3 is 9.84 Å². The van der Waals surface area contributed by atoms with Crippen LogP contribution in [-0.4, -0.2) is 21.8 Å².